The molecular weight excluding hydrogens is 220 g/mol. The quantitative estimate of drug-likeness (QED) is 0.738. The fourth-order valence-electron chi connectivity index (χ4n) is 3.67. The molecule has 2 nitrogen and oxygen atoms in total. The summed E-state index contributed by atoms with van der Waals surface area (Å²) in [7, 11) is 0. The molecule has 2 heteroatoms. The maximum Gasteiger partial charge on any atom is 0.00698 e. The highest BCUT2D eigenvalue weighted by atomic mass is 14.9. The van der Waals surface area contributed by atoms with Crippen molar-refractivity contribution >= 4 is 0 Å². The van der Waals surface area contributed by atoms with Gasteiger partial charge in [-0.05, 0) is 55.5 Å². The van der Waals surface area contributed by atoms with E-state index in [0.29, 0.717) is 17.4 Å². The third kappa shape index (κ3) is 3.08. The summed E-state index contributed by atoms with van der Waals surface area (Å²) in [5.74, 6) is 2.47. The molecule has 2 fully saturated rings. The molecule has 0 spiro atoms. The van der Waals surface area contributed by atoms with Crippen molar-refractivity contribution in [2.75, 3.05) is 13.1 Å². The number of rotatable bonds is 5. The first-order valence-corrected chi connectivity index (χ1v) is 7.98. The van der Waals surface area contributed by atoms with Crippen molar-refractivity contribution in [1.82, 2.24) is 5.32 Å². The molecule has 0 aromatic heterocycles. The molecule has 0 aromatic rings. The van der Waals surface area contributed by atoms with Gasteiger partial charge in [0, 0.05) is 6.04 Å². The van der Waals surface area contributed by atoms with Gasteiger partial charge < -0.3 is 11.1 Å². The molecule has 18 heavy (non-hydrogen) atoms. The zero-order valence-corrected chi connectivity index (χ0v) is 12.5. The minimum atomic E-state index is 0.390. The average Bonchev–Trinajstić information content (AvgIpc) is 2.26. The minimum absolute atomic E-state index is 0.390. The first-order chi connectivity index (χ1) is 8.51. The van der Waals surface area contributed by atoms with Crippen LogP contribution in [0, 0.1) is 23.2 Å². The highest BCUT2D eigenvalue weighted by molar-refractivity contribution is 4.94. The Labute approximate surface area is 113 Å². The van der Waals surface area contributed by atoms with E-state index in [2.05, 4.69) is 26.1 Å². The van der Waals surface area contributed by atoms with Crippen LogP contribution in [0.2, 0.25) is 0 Å². The summed E-state index contributed by atoms with van der Waals surface area (Å²) in [5, 5.41) is 3.70. The van der Waals surface area contributed by atoms with Gasteiger partial charge in [0.1, 0.15) is 0 Å². The molecular formula is C16H32N2. The van der Waals surface area contributed by atoms with Crippen LogP contribution in [0.25, 0.3) is 0 Å². The molecule has 0 amide bonds. The van der Waals surface area contributed by atoms with E-state index < -0.39 is 0 Å². The van der Waals surface area contributed by atoms with Crippen LogP contribution >= 0.6 is 0 Å². The van der Waals surface area contributed by atoms with Crippen LogP contribution in [0.1, 0.15) is 59.3 Å². The second kappa shape index (κ2) is 5.92. The number of hydrogen-bond donors (Lipinski definition) is 2. The molecule has 2 aliphatic rings. The topological polar surface area (TPSA) is 38.0 Å². The van der Waals surface area contributed by atoms with Crippen molar-refractivity contribution in [2.45, 2.75) is 65.3 Å². The molecule has 0 aromatic carbocycles. The third-order valence-electron chi connectivity index (χ3n) is 6.06. The number of hydrogen-bond acceptors (Lipinski definition) is 2. The second-order valence-corrected chi connectivity index (χ2v) is 7.34. The van der Waals surface area contributed by atoms with Gasteiger partial charge >= 0.3 is 0 Å². The van der Waals surface area contributed by atoms with Gasteiger partial charge in [-0.15, -0.1) is 0 Å². The number of nitrogens with one attached hydrogen (secondary N) is 1. The summed E-state index contributed by atoms with van der Waals surface area (Å²) < 4.78 is 0. The van der Waals surface area contributed by atoms with Gasteiger partial charge in [-0.1, -0.05) is 40.0 Å². The Kier molecular flexibility index (Phi) is 4.71. The lowest BCUT2D eigenvalue weighted by Gasteiger charge is -2.47. The van der Waals surface area contributed by atoms with Crippen LogP contribution in [0.3, 0.4) is 0 Å². The zero-order chi connectivity index (χ0) is 13.2. The zero-order valence-electron chi connectivity index (χ0n) is 12.5. The molecule has 2 aliphatic carbocycles. The summed E-state index contributed by atoms with van der Waals surface area (Å²) in [5.41, 5.74) is 6.61. The molecule has 106 valence electrons. The minimum Gasteiger partial charge on any atom is -0.327 e. The van der Waals surface area contributed by atoms with Crippen molar-refractivity contribution in [3.8, 4) is 0 Å². The van der Waals surface area contributed by atoms with E-state index in [9.17, 15) is 0 Å². The average molecular weight is 252 g/mol. The van der Waals surface area contributed by atoms with Crippen LogP contribution in [0.4, 0.5) is 0 Å². The third-order valence-corrected chi connectivity index (χ3v) is 6.06. The normalized spacial score (nSPS) is 36.3. The molecule has 3 atom stereocenters. The molecule has 0 aliphatic heterocycles. The van der Waals surface area contributed by atoms with Crippen molar-refractivity contribution in [2.24, 2.45) is 28.9 Å². The Hall–Kier alpha value is -0.0800. The van der Waals surface area contributed by atoms with Gasteiger partial charge in [0.05, 0.1) is 0 Å². The van der Waals surface area contributed by atoms with Gasteiger partial charge in [0.15, 0.2) is 0 Å². The lowest BCUT2D eigenvalue weighted by molar-refractivity contribution is 0.0538. The van der Waals surface area contributed by atoms with E-state index in [1.54, 1.807) is 0 Å². The van der Waals surface area contributed by atoms with Crippen LogP contribution in [0.15, 0.2) is 0 Å². The lowest BCUT2D eigenvalue weighted by Crippen LogP contribution is -2.49. The van der Waals surface area contributed by atoms with Gasteiger partial charge in [-0.2, -0.15) is 0 Å². The second-order valence-electron chi connectivity index (χ2n) is 7.34. The first kappa shape index (κ1) is 14.3. The van der Waals surface area contributed by atoms with E-state index in [1.807, 2.05) is 0 Å². The van der Waals surface area contributed by atoms with E-state index >= 15 is 0 Å². The van der Waals surface area contributed by atoms with Crippen molar-refractivity contribution < 1.29 is 0 Å². The van der Waals surface area contributed by atoms with Crippen LogP contribution < -0.4 is 11.1 Å². The maximum absolute atomic E-state index is 6.22. The Morgan fingerprint density at radius 1 is 1.17 bits per heavy atom. The Morgan fingerprint density at radius 2 is 1.89 bits per heavy atom. The SMILES string of the molecule is CC1C(N)CCC(CNCCC2CCC2)C1(C)C. The lowest BCUT2D eigenvalue weighted by atomic mass is 9.61. The maximum atomic E-state index is 6.22. The first-order valence-electron chi connectivity index (χ1n) is 7.98. The predicted molar refractivity (Wildman–Crippen MR) is 78.5 cm³/mol. The Bertz CT molecular complexity index is 258. The monoisotopic (exact) mass is 252 g/mol. The standard InChI is InChI=1S/C16H32N2/c1-12-15(17)8-7-14(16(12,2)3)11-18-10-9-13-5-4-6-13/h12-15,18H,4-11,17H2,1-3H3. The van der Waals surface area contributed by atoms with Gasteiger partial charge in [0.25, 0.3) is 0 Å². The Balaban J connectivity index is 1.70. The van der Waals surface area contributed by atoms with Gasteiger partial charge in [-0.25, -0.2) is 0 Å². The molecule has 0 saturated heterocycles. The molecule has 0 bridgehead atoms. The molecule has 3 N–H and O–H groups in total. The van der Waals surface area contributed by atoms with Gasteiger partial charge in [-0.3, -0.25) is 0 Å². The van der Waals surface area contributed by atoms with Crippen molar-refractivity contribution in [1.29, 1.82) is 0 Å². The van der Waals surface area contributed by atoms with E-state index in [-0.39, 0.29) is 0 Å². The van der Waals surface area contributed by atoms with E-state index in [4.69, 9.17) is 5.73 Å². The van der Waals surface area contributed by atoms with E-state index in [0.717, 1.165) is 11.8 Å². The largest absolute Gasteiger partial charge is 0.327 e. The highest BCUT2D eigenvalue weighted by Gasteiger charge is 2.41. The summed E-state index contributed by atoms with van der Waals surface area (Å²) >= 11 is 0. The van der Waals surface area contributed by atoms with Crippen LogP contribution in [0.5, 0.6) is 0 Å². The fraction of sp³-hybridized carbons (Fsp3) is 1.00. The summed E-state index contributed by atoms with van der Waals surface area (Å²) in [4.78, 5) is 0. The summed E-state index contributed by atoms with van der Waals surface area (Å²) in [6.07, 6.45) is 8.32. The van der Waals surface area contributed by atoms with Crippen molar-refractivity contribution in [3.63, 3.8) is 0 Å². The number of nitrogens with two attached hydrogens (primary N) is 1. The molecule has 0 radical (unpaired) electrons. The van der Waals surface area contributed by atoms with Crippen LogP contribution in [-0.4, -0.2) is 19.1 Å². The molecule has 3 unspecified atom stereocenters. The fourth-order valence-corrected chi connectivity index (χ4v) is 3.67. The molecule has 2 saturated carbocycles. The van der Waals surface area contributed by atoms with Gasteiger partial charge in [0.2, 0.25) is 0 Å². The summed E-state index contributed by atoms with van der Waals surface area (Å²) in [6, 6.07) is 0.409. The predicted octanol–water partition coefficient (Wildman–Crippen LogP) is 3.17. The highest BCUT2D eigenvalue weighted by Crippen LogP contribution is 2.43. The summed E-state index contributed by atoms with van der Waals surface area (Å²) in [6.45, 7) is 9.57. The smallest absolute Gasteiger partial charge is 0.00698 e. The molecule has 2 rings (SSSR count). The van der Waals surface area contributed by atoms with E-state index in [1.165, 1.54) is 51.6 Å². The van der Waals surface area contributed by atoms with Crippen molar-refractivity contribution in [3.05, 3.63) is 0 Å². The van der Waals surface area contributed by atoms with Crippen LogP contribution in [-0.2, 0) is 0 Å². The Morgan fingerprint density at radius 3 is 2.50 bits per heavy atom. The molecule has 0 heterocycles.